The van der Waals surface area contributed by atoms with Crippen LogP contribution in [0.3, 0.4) is 0 Å². The maximum Gasteiger partial charge on any atom is 0.337 e. The van der Waals surface area contributed by atoms with Crippen LogP contribution in [0.15, 0.2) is 54.6 Å². The molecule has 3 aromatic rings. The Labute approximate surface area is 161 Å². The molecule has 0 saturated carbocycles. The number of rotatable bonds is 7. The van der Waals surface area contributed by atoms with Gasteiger partial charge in [-0.15, -0.1) is 0 Å². The SMILES string of the molecule is COC(=O)c1ccc2cc(-c3ccccc3)n(COCC[Si](C)(C)C)c2c1. The largest absolute Gasteiger partial charge is 0.465 e. The van der Waals surface area contributed by atoms with Crippen LogP contribution in [-0.2, 0) is 16.2 Å². The molecule has 0 bridgehead atoms. The fourth-order valence-corrected chi connectivity index (χ4v) is 3.78. The van der Waals surface area contributed by atoms with Crippen molar-refractivity contribution >= 4 is 24.9 Å². The first-order chi connectivity index (χ1) is 12.9. The fourth-order valence-electron chi connectivity index (χ4n) is 3.02. The molecule has 1 aromatic heterocycles. The number of nitrogens with zero attached hydrogens (tertiary/aromatic N) is 1. The average molecular weight is 382 g/mol. The Bertz CT molecular complexity index is 926. The third-order valence-corrected chi connectivity index (χ3v) is 6.32. The molecule has 1 heterocycles. The number of ether oxygens (including phenoxy) is 2. The summed E-state index contributed by atoms with van der Waals surface area (Å²) in [6, 6.07) is 19.2. The maximum atomic E-state index is 12.0. The van der Waals surface area contributed by atoms with Gasteiger partial charge in [-0.3, -0.25) is 0 Å². The number of carbonyl (C=O) groups is 1. The summed E-state index contributed by atoms with van der Waals surface area (Å²) >= 11 is 0. The van der Waals surface area contributed by atoms with Crippen LogP contribution < -0.4 is 0 Å². The molecule has 0 unspecified atom stereocenters. The lowest BCUT2D eigenvalue weighted by atomic mass is 10.1. The van der Waals surface area contributed by atoms with Gasteiger partial charge >= 0.3 is 5.97 Å². The second kappa shape index (κ2) is 8.11. The van der Waals surface area contributed by atoms with Gasteiger partial charge in [-0.05, 0) is 29.8 Å². The molecule has 5 heteroatoms. The summed E-state index contributed by atoms with van der Waals surface area (Å²) in [5.41, 5.74) is 3.73. The van der Waals surface area contributed by atoms with E-state index in [4.69, 9.17) is 9.47 Å². The summed E-state index contributed by atoms with van der Waals surface area (Å²) in [5.74, 6) is -0.328. The summed E-state index contributed by atoms with van der Waals surface area (Å²) in [6.07, 6.45) is 0. The second-order valence-electron chi connectivity index (χ2n) is 7.94. The van der Waals surface area contributed by atoms with Gasteiger partial charge in [0.05, 0.1) is 23.9 Å². The van der Waals surface area contributed by atoms with Gasteiger partial charge in [-0.2, -0.15) is 0 Å². The third-order valence-electron chi connectivity index (χ3n) is 4.61. The van der Waals surface area contributed by atoms with E-state index < -0.39 is 8.07 Å². The van der Waals surface area contributed by atoms with Crippen LogP contribution in [0.2, 0.25) is 25.7 Å². The molecule has 27 heavy (non-hydrogen) atoms. The summed E-state index contributed by atoms with van der Waals surface area (Å²) in [4.78, 5) is 12.0. The Morgan fingerprint density at radius 1 is 1.04 bits per heavy atom. The van der Waals surface area contributed by atoms with Crippen LogP contribution in [0.4, 0.5) is 0 Å². The van der Waals surface area contributed by atoms with E-state index in [1.165, 1.54) is 7.11 Å². The van der Waals surface area contributed by atoms with Crippen molar-refractivity contribution in [2.45, 2.75) is 32.4 Å². The molecule has 0 aliphatic rings. The number of aromatic nitrogens is 1. The molecule has 0 radical (unpaired) electrons. The third kappa shape index (κ3) is 4.67. The molecule has 0 aliphatic heterocycles. The highest BCUT2D eigenvalue weighted by Gasteiger charge is 2.15. The molecule has 142 valence electrons. The zero-order valence-electron chi connectivity index (χ0n) is 16.5. The first-order valence-corrected chi connectivity index (χ1v) is 12.9. The van der Waals surface area contributed by atoms with E-state index >= 15 is 0 Å². The van der Waals surface area contributed by atoms with Crippen molar-refractivity contribution in [3.8, 4) is 11.3 Å². The second-order valence-corrected chi connectivity index (χ2v) is 13.6. The van der Waals surface area contributed by atoms with Crippen molar-refractivity contribution in [1.82, 2.24) is 4.57 Å². The molecule has 3 rings (SSSR count). The fraction of sp³-hybridized carbons (Fsp3) is 0.318. The molecule has 0 saturated heterocycles. The van der Waals surface area contributed by atoms with E-state index in [1.54, 1.807) is 6.07 Å². The molecular weight excluding hydrogens is 354 g/mol. The van der Waals surface area contributed by atoms with Gasteiger partial charge in [0.25, 0.3) is 0 Å². The number of benzene rings is 2. The quantitative estimate of drug-likeness (QED) is 0.312. The molecular formula is C22H27NO3Si. The van der Waals surface area contributed by atoms with E-state index in [0.29, 0.717) is 12.3 Å². The van der Waals surface area contributed by atoms with Crippen LogP contribution in [0.25, 0.3) is 22.2 Å². The lowest BCUT2D eigenvalue weighted by Gasteiger charge is -2.17. The predicted octanol–water partition coefficient (Wildman–Crippen LogP) is 5.41. The number of hydrogen-bond donors (Lipinski definition) is 0. The van der Waals surface area contributed by atoms with E-state index in [1.807, 2.05) is 30.3 Å². The van der Waals surface area contributed by atoms with Crippen LogP contribution in [0.1, 0.15) is 10.4 Å². The first kappa shape index (κ1) is 19.4. The minimum absolute atomic E-state index is 0.328. The smallest absolute Gasteiger partial charge is 0.337 e. The molecule has 4 nitrogen and oxygen atoms in total. The highest BCUT2D eigenvalue weighted by molar-refractivity contribution is 6.76. The van der Waals surface area contributed by atoms with E-state index in [-0.39, 0.29) is 5.97 Å². The Hall–Kier alpha value is -2.37. The number of esters is 1. The Kier molecular flexibility index (Phi) is 5.82. The van der Waals surface area contributed by atoms with Gasteiger partial charge < -0.3 is 14.0 Å². The average Bonchev–Trinajstić information content (AvgIpc) is 3.02. The van der Waals surface area contributed by atoms with Gasteiger partial charge in [-0.1, -0.05) is 56.0 Å². The van der Waals surface area contributed by atoms with Crippen molar-refractivity contribution in [3.63, 3.8) is 0 Å². The van der Waals surface area contributed by atoms with Gasteiger partial charge in [0, 0.05) is 20.1 Å². The molecule has 0 aliphatic carbocycles. The van der Waals surface area contributed by atoms with Crippen LogP contribution in [0, 0.1) is 0 Å². The zero-order valence-corrected chi connectivity index (χ0v) is 17.5. The molecule has 0 amide bonds. The summed E-state index contributed by atoms with van der Waals surface area (Å²) in [7, 11) is 0.269. The number of methoxy groups -OCH3 is 1. The van der Waals surface area contributed by atoms with Crippen molar-refractivity contribution in [1.29, 1.82) is 0 Å². The first-order valence-electron chi connectivity index (χ1n) is 9.24. The molecule has 0 spiro atoms. The van der Waals surface area contributed by atoms with E-state index in [9.17, 15) is 4.79 Å². The Morgan fingerprint density at radius 3 is 2.44 bits per heavy atom. The molecule has 2 aromatic carbocycles. The van der Waals surface area contributed by atoms with Crippen molar-refractivity contribution < 1.29 is 14.3 Å². The van der Waals surface area contributed by atoms with Crippen LogP contribution >= 0.6 is 0 Å². The number of fused-ring (bicyclic) bond motifs is 1. The topological polar surface area (TPSA) is 40.5 Å². The highest BCUT2D eigenvalue weighted by Crippen LogP contribution is 2.29. The molecule has 0 N–H and O–H groups in total. The summed E-state index contributed by atoms with van der Waals surface area (Å²) in [6.45, 7) is 8.25. The van der Waals surface area contributed by atoms with Gasteiger partial charge in [0.2, 0.25) is 0 Å². The standard InChI is InChI=1S/C22H27NO3Si/c1-25-22(24)19-11-10-18-14-20(17-8-6-5-7-9-17)23(21(18)15-19)16-26-12-13-27(2,3)4/h5-11,14-15H,12-13,16H2,1-4H3. The lowest BCUT2D eigenvalue weighted by molar-refractivity contribution is 0.0600. The van der Waals surface area contributed by atoms with Gasteiger partial charge in [-0.25, -0.2) is 4.79 Å². The summed E-state index contributed by atoms with van der Waals surface area (Å²) < 4.78 is 13.1. The minimum atomic E-state index is -1.13. The zero-order chi connectivity index (χ0) is 19.4. The van der Waals surface area contributed by atoms with Crippen LogP contribution in [0.5, 0.6) is 0 Å². The Morgan fingerprint density at radius 2 is 1.78 bits per heavy atom. The highest BCUT2D eigenvalue weighted by atomic mass is 28.3. The predicted molar refractivity (Wildman–Crippen MR) is 113 cm³/mol. The Balaban J connectivity index is 1.98. The molecule has 0 atom stereocenters. The number of carbonyl (C=O) groups excluding carboxylic acids is 1. The normalized spacial score (nSPS) is 11.7. The van der Waals surface area contributed by atoms with Crippen molar-refractivity contribution in [3.05, 3.63) is 60.2 Å². The lowest BCUT2D eigenvalue weighted by Crippen LogP contribution is -2.22. The van der Waals surface area contributed by atoms with E-state index in [0.717, 1.165) is 34.8 Å². The van der Waals surface area contributed by atoms with Crippen molar-refractivity contribution in [2.75, 3.05) is 13.7 Å². The van der Waals surface area contributed by atoms with E-state index in [2.05, 4.69) is 42.4 Å². The monoisotopic (exact) mass is 381 g/mol. The minimum Gasteiger partial charge on any atom is -0.465 e. The summed E-state index contributed by atoms with van der Waals surface area (Å²) in [5, 5.41) is 1.08. The number of hydrogen-bond acceptors (Lipinski definition) is 3. The van der Waals surface area contributed by atoms with Gasteiger partial charge in [0.15, 0.2) is 0 Å². The molecule has 0 fully saturated rings. The van der Waals surface area contributed by atoms with Crippen molar-refractivity contribution in [2.24, 2.45) is 0 Å². The van der Waals surface area contributed by atoms with Crippen LogP contribution in [-0.4, -0.2) is 32.3 Å². The van der Waals surface area contributed by atoms with Gasteiger partial charge in [0.1, 0.15) is 6.73 Å². The maximum absolute atomic E-state index is 12.0.